The van der Waals surface area contributed by atoms with E-state index in [1.54, 1.807) is 6.92 Å². The second-order valence-electron chi connectivity index (χ2n) is 9.92. The number of Topliss-reactive ketones (excluding diaryl/α,β-unsaturated/α-hetero) is 1. The van der Waals surface area contributed by atoms with Crippen molar-refractivity contribution in [2.24, 2.45) is 5.92 Å². The largest absolute Gasteiger partial charge is 0.508 e. The molecule has 2 aromatic carbocycles. The summed E-state index contributed by atoms with van der Waals surface area (Å²) in [5, 5.41) is 12.5. The molecular formula is C30H37NO3. The number of ketones is 1. The van der Waals surface area contributed by atoms with Gasteiger partial charge < -0.3 is 14.7 Å². The first kappa shape index (κ1) is 24.3. The van der Waals surface area contributed by atoms with E-state index in [2.05, 4.69) is 55.2 Å². The van der Waals surface area contributed by atoms with Gasteiger partial charge in [0.1, 0.15) is 5.75 Å². The lowest BCUT2D eigenvalue weighted by molar-refractivity contribution is -0.113. The van der Waals surface area contributed by atoms with E-state index in [4.69, 9.17) is 4.74 Å². The van der Waals surface area contributed by atoms with Gasteiger partial charge in [-0.25, -0.2) is 0 Å². The normalized spacial score (nSPS) is 19.9. The molecule has 1 fully saturated rings. The SMILES string of the molecule is CC(=O)C1=C(N2CCOCC2C[C@H](C)Cc2ccc3c(C)c(O)cc(C)c3c2)C=CCCC=C1. The Morgan fingerprint density at radius 3 is 2.68 bits per heavy atom. The van der Waals surface area contributed by atoms with Gasteiger partial charge in [-0.2, -0.15) is 0 Å². The number of morpholine rings is 1. The van der Waals surface area contributed by atoms with Gasteiger partial charge in [0, 0.05) is 17.8 Å². The van der Waals surface area contributed by atoms with Crippen molar-refractivity contribution in [2.45, 2.75) is 59.4 Å². The summed E-state index contributed by atoms with van der Waals surface area (Å²) in [6, 6.07) is 8.72. The molecule has 2 aromatic rings. The second-order valence-corrected chi connectivity index (χ2v) is 9.92. The zero-order valence-corrected chi connectivity index (χ0v) is 20.9. The average molecular weight is 460 g/mol. The number of aryl methyl sites for hydroxylation is 2. The van der Waals surface area contributed by atoms with Crippen LogP contribution < -0.4 is 0 Å². The Hall–Kier alpha value is -2.85. The van der Waals surface area contributed by atoms with Crippen molar-refractivity contribution < 1.29 is 14.6 Å². The van der Waals surface area contributed by atoms with Gasteiger partial charge in [0.05, 0.1) is 19.3 Å². The van der Waals surface area contributed by atoms with Gasteiger partial charge in [-0.3, -0.25) is 4.79 Å². The maximum atomic E-state index is 12.4. The van der Waals surface area contributed by atoms with Gasteiger partial charge in [0.2, 0.25) is 0 Å². The number of nitrogens with zero attached hydrogens (tertiary/aromatic N) is 1. The second kappa shape index (κ2) is 10.6. The standard InChI is InChI=1S/C30H37NO3/c1-20(15-24-11-12-26-22(3)30(33)17-21(2)28(26)18-24)16-25-19-34-14-13-31(25)29-10-8-6-5-7-9-27(29)23(4)32/h7-12,17-18,20,25,33H,5-6,13-16,19H2,1-4H3/t20-,25?/m1/s1. The van der Waals surface area contributed by atoms with Crippen LogP contribution in [0.15, 0.2) is 59.8 Å². The highest BCUT2D eigenvalue weighted by Gasteiger charge is 2.28. The summed E-state index contributed by atoms with van der Waals surface area (Å²) in [6.45, 7) is 10.2. The molecule has 1 aliphatic heterocycles. The molecular weight excluding hydrogens is 422 g/mol. The van der Waals surface area contributed by atoms with Crippen LogP contribution in [0.2, 0.25) is 0 Å². The molecule has 0 spiro atoms. The number of aromatic hydroxyl groups is 1. The number of fused-ring (bicyclic) bond motifs is 1. The molecule has 180 valence electrons. The Kier molecular flexibility index (Phi) is 7.57. The number of hydrogen-bond acceptors (Lipinski definition) is 4. The molecule has 0 amide bonds. The zero-order chi connectivity index (χ0) is 24.2. The number of phenols is 1. The first-order chi connectivity index (χ1) is 16.3. The fraction of sp³-hybridized carbons (Fsp3) is 0.433. The van der Waals surface area contributed by atoms with Crippen molar-refractivity contribution >= 4 is 16.6 Å². The minimum absolute atomic E-state index is 0.115. The van der Waals surface area contributed by atoms with Crippen LogP contribution in [0, 0.1) is 19.8 Å². The smallest absolute Gasteiger partial charge is 0.161 e. The van der Waals surface area contributed by atoms with E-state index in [0.29, 0.717) is 24.9 Å². The van der Waals surface area contributed by atoms with Crippen LogP contribution in [0.4, 0.5) is 0 Å². The Labute approximate surface area is 203 Å². The number of benzene rings is 2. The average Bonchev–Trinajstić information content (AvgIpc) is 2.78. The maximum Gasteiger partial charge on any atom is 0.161 e. The van der Waals surface area contributed by atoms with Gasteiger partial charge in [-0.15, -0.1) is 0 Å². The Morgan fingerprint density at radius 2 is 1.91 bits per heavy atom. The Bertz CT molecular complexity index is 1160. The highest BCUT2D eigenvalue weighted by Crippen LogP contribution is 2.32. The molecule has 0 radical (unpaired) electrons. The molecule has 1 N–H and O–H groups in total. The minimum Gasteiger partial charge on any atom is -0.508 e. The summed E-state index contributed by atoms with van der Waals surface area (Å²) < 4.78 is 5.89. The topological polar surface area (TPSA) is 49.8 Å². The molecule has 34 heavy (non-hydrogen) atoms. The van der Waals surface area contributed by atoms with E-state index in [-0.39, 0.29) is 11.8 Å². The summed E-state index contributed by atoms with van der Waals surface area (Å²) in [5.74, 6) is 0.935. The highest BCUT2D eigenvalue weighted by atomic mass is 16.5. The summed E-state index contributed by atoms with van der Waals surface area (Å²) in [4.78, 5) is 14.9. The van der Waals surface area contributed by atoms with Crippen LogP contribution in [0.25, 0.3) is 10.8 Å². The van der Waals surface area contributed by atoms with E-state index in [1.165, 1.54) is 10.9 Å². The third-order valence-corrected chi connectivity index (χ3v) is 7.16. The van der Waals surface area contributed by atoms with Crippen LogP contribution >= 0.6 is 0 Å². The molecule has 1 aliphatic carbocycles. The molecule has 2 atom stereocenters. The van der Waals surface area contributed by atoms with Crippen LogP contribution in [0.5, 0.6) is 5.75 Å². The van der Waals surface area contributed by atoms with Crippen molar-refractivity contribution in [3.8, 4) is 5.75 Å². The molecule has 0 bridgehead atoms. The number of carbonyl (C=O) groups excluding carboxylic acids is 1. The summed E-state index contributed by atoms with van der Waals surface area (Å²) >= 11 is 0. The number of ether oxygens (including phenoxy) is 1. The Morgan fingerprint density at radius 1 is 1.15 bits per heavy atom. The molecule has 0 saturated carbocycles. The van der Waals surface area contributed by atoms with Crippen LogP contribution in [0.1, 0.15) is 49.8 Å². The van der Waals surface area contributed by atoms with Gasteiger partial charge in [0.25, 0.3) is 0 Å². The predicted molar refractivity (Wildman–Crippen MR) is 139 cm³/mol. The number of carbonyl (C=O) groups is 1. The van der Waals surface area contributed by atoms with E-state index >= 15 is 0 Å². The number of rotatable bonds is 6. The van der Waals surface area contributed by atoms with Gasteiger partial charge in [-0.05, 0) is 92.0 Å². The fourth-order valence-corrected chi connectivity index (χ4v) is 5.33. The molecule has 1 heterocycles. The molecule has 4 nitrogen and oxygen atoms in total. The van der Waals surface area contributed by atoms with Gasteiger partial charge >= 0.3 is 0 Å². The van der Waals surface area contributed by atoms with Gasteiger partial charge in [0.15, 0.2) is 5.78 Å². The van der Waals surface area contributed by atoms with Crippen molar-refractivity contribution in [1.29, 1.82) is 0 Å². The van der Waals surface area contributed by atoms with E-state index in [1.807, 2.05) is 19.1 Å². The van der Waals surface area contributed by atoms with E-state index in [9.17, 15) is 9.90 Å². The monoisotopic (exact) mass is 459 g/mol. The summed E-state index contributed by atoms with van der Waals surface area (Å²) in [6.07, 6.45) is 12.4. The van der Waals surface area contributed by atoms with Crippen LogP contribution in [-0.4, -0.2) is 41.6 Å². The molecule has 1 saturated heterocycles. The van der Waals surface area contributed by atoms with Crippen LogP contribution in [0.3, 0.4) is 0 Å². The first-order valence-electron chi connectivity index (χ1n) is 12.5. The minimum atomic E-state index is 0.115. The third kappa shape index (κ3) is 5.28. The summed E-state index contributed by atoms with van der Waals surface area (Å²) in [5.41, 5.74) is 5.20. The molecule has 4 rings (SSSR count). The fourth-order valence-electron chi connectivity index (χ4n) is 5.33. The van der Waals surface area contributed by atoms with Crippen molar-refractivity contribution in [3.05, 3.63) is 76.5 Å². The van der Waals surface area contributed by atoms with Crippen LogP contribution in [-0.2, 0) is 16.0 Å². The van der Waals surface area contributed by atoms with Gasteiger partial charge in [-0.1, -0.05) is 43.4 Å². The number of allylic oxidation sites excluding steroid dienone is 5. The predicted octanol–water partition coefficient (Wildman–Crippen LogP) is 6.18. The lowest BCUT2D eigenvalue weighted by Gasteiger charge is -2.40. The maximum absolute atomic E-state index is 12.4. The van der Waals surface area contributed by atoms with Crippen molar-refractivity contribution in [3.63, 3.8) is 0 Å². The van der Waals surface area contributed by atoms with E-state index in [0.717, 1.165) is 60.0 Å². The molecule has 4 heteroatoms. The van der Waals surface area contributed by atoms with E-state index < -0.39 is 0 Å². The molecule has 2 aliphatic rings. The lowest BCUT2D eigenvalue weighted by atomic mass is 9.90. The third-order valence-electron chi connectivity index (χ3n) is 7.16. The van der Waals surface area contributed by atoms with Crippen molar-refractivity contribution in [2.75, 3.05) is 19.8 Å². The molecule has 0 aromatic heterocycles. The summed E-state index contributed by atoms with van der Waals surface area (Å²) in [7, 11) is 0. The Balaban J connectivity index is 1.55. The quantitative estimate of drug-likeness (QED) is 0.560. The zero-order valence-electron chi connectivity index (χ0n) is 20.9. The number of phenolic OH excluding ortho intramolecular Hbond substituents is 1. The molecule has 1 unspecified atom stereocenters. The lowest BCUT2D eigenvalue weighted by Crippen LogP contribution is -2.46. The number of hydrogen-bond donors (Lipinski definition) is 1. The first-order valence-corrected chi connectivity index (χ1v) is 12.5. The van der Waals surface area contributed by atoms with Crippen molar-refractivity contribution in [1.82, 2.24) is 4.90 Å². The highest BCUT2D eigenvalue weighted by molar-refractivity contribution is 5.97.